The second-order valence-corrected chi connectivity index (χ2v) is 6.31. The van der Waals surface area contributed by atoms with Gasteiger partial charge in [0, 0.05) is 18.8 Å². The predicted octanol–water partition coefficient (Wildman–Crippen LogP) is 2.84. The van der Waals surface area contributed by atoms with E-state index in [2.05, 4.69) is 4.98 Å². The zero-order valence-electron chi connectivity index (χ0n) is 11.0. The van der Waals surface area contributed by atoms with Gasteiger partial charge in [0.2, 0.25) is 5.91 Å². The van der Waals surface area contributed by atoms with E-state index in [0.717, 1.165) is 33.3 Å². The number of amides is 1. The topological polar surface area (TPSA) is 59.2 Å². The Kier molecular flexibility index (Phi) is 4.66. The molecular formula is C13H17N3OS2. The fourth-order valence-corrected chi connectivity index (χ4v) is 3.79. The molecule has 0 bridgehead atoms. The Bertz CT molecular complexity index is 578. The van der Waals surface area contributed by atoms with Crippen LogP contribution in [-0.4, -0.2) is 34.6 Å². The van der Waals surface area contributed by atoms with E-state index in [1.807, 2.05) is 36.9 Å². The van der Waals surface area contributed by atoms with Crippen LogP contribution in [0.1, 0.15) is 13.8 Å². The van der Waals surface area contributed by atoms with Gasteiger partial charge in [0.15, 0.2) is 4.34 Å². The van der Waals surface area contributed by atoms with Crippen LogP contribution in [0.2, 0.25) is 0 Å². The number of rotatable bonds is 5. The lowest BCUT2D eigenvalue weighted by Gasteiger charge is -2.17. The van der Waals surface area contributed by atoms with E-state index in [9.17, 15) is 4.79 Å². The minimum Gasteiger partial charge on any atom is -0.399 e. The van der Waals surface area contributed by atoms with Gasteiger partial charge in [0.05, 0.1) is 16.0 Å². The van der Waals surface area contributed by atoms with Gasteiger partial charge < -0.3 is 10.6 Å². The molecule has 0 radical (unpaired) electrons. The molecule has 2 N–H and O–H groups in total. The van der Waals surface area contributed by atoms with E-state index < -0.39 is 0 Å². The van der Waals surface area contributed by atoms with Crippen LogP contribution in [0.4, 0.5) is 5.69 Å². The lowest BCUT2D eigenvalue weighted by atomic mass is 10.3. The molecule has 0 atom stereocenters. The second-order valence-electron chi connectivity index (χ2n) is 4.06. The Morgan fingerprint density at radius 2 is 2.16 bits per heavy atom. The van der Waals surface area contributed by atoms with Gasteiger partial charge >= 0.3 is 0 Å². The molecular weight excluding hydrogens is 278 g/mol. The maximum absolute atomic E-state index is 11.9. The first-order valence-electron chi connectivity index (χ1n) is 6.20. The fraction of sp³-hybridized carbons (Fsp3) is 0.385. The third-order valence-corrected chi connectivity index (χ3v) is 4.97. The van der Waals surface area contributed by atoms with Gasteiger partial charge in [-0.05, 0) is 32.0 Å². The van der Waals surface area contributed by atoms with Crippen LogP contribution in [0.5, 0.6) is 0 Å². The summed E-state index contributed by atoms with van der Waals surface area (Å²) in [4.78, 5) is 18.2. The SMILES string of the molecule is CCN(CC)C(=O)CSc1nc2ccc(N)cc2s1. The Morgan fingerprint density at radius 3 is 2.84 bits per heavy atom. The van der Waals surface area contributed by atoms with Crippen LogP contribution in [0, 0.1) is 0 Å². The number of carbonyl (C=O) groups excluding carboxylic acids is 1. The van der Waals surface area contributed by atoms with Crippen molar-refractivity contribution in [2.45, 2.75) is 18.2 Å². The molecule has 2 rings (SSSR count). The highest BCUT2D eigenvalue weighted by atomic mass is 32.2. The number of aromatic nitrogens is 1. The number of benzene rings is 1. The number of anilines is 1. The van der Waals surface area contributed by atoms with Crippen molar-refractivity contribution >= 4 is 44.9 Å². The Morgan fingerprint density at radius 1 is 1.42 bits per heavy atom. The van der Waals surface area contributed by atoms with Gasteiger partial charge in [-0.3, -0.25) is 4.79 Å². The van der Waals surface area contributed by atoms with Crippen LogP contribution in [0.25, 0.3) is 10.2 Å². The Hall–Kier alpha value is -1.27. The van der Waals surface area contributed by atoms with Crippen molar-refractivity contribution in [2.75, 3.05) is 24.6 Å². The molecule has 0 saturated carbocycles. The summed E-state index contributed by atoms with van der Waals surface area (Å²) in [5, 5.41) is 0. The van der Waals surface area contributed by atoms with Gasteiger partial charge in [-0.15, -0.1) is 11.3 Å². The molecule has 0 saturated heterocycles. The molecule has 0 spiro atoms. The first kappa shape index (κ1) is 14.1. The maximum atomic E-state index is 11.9. The smallest absolute Gasteiger partial charge is 0.232 e. The van der Waals surface area contributed by atoms with Crippen molar-refractivity contribution in [3.63, 3.8) is 0 Å². The minimum absolute atomic E-state index is 0.161. The van der Waals surface area contributed by atoms with E-state index >= 15 is 0 Å². The molecule has 0 aliphatic carbocycles. The molecule has 1 aromatic heterocycles. The van der Waals surface area contributed by atoms with Gasteiger partial charge in [-0.1, -0.05) is 11.8 Å². The predicted molar refractivity (Wildman–Crippen MR) is 82.7 cm³/mol. The van der Waals surface area contributed by atoms with Gasteiger partial charge in [0.25, 0.3) is 0 Å². The average molecular weight is 295 g/mol. The highest BCUT2D eigenvalue weighted by molar-refractivity contribution is 8.01. The third kappa shape index (κ3) is 3.39. The molecule has 0 aliphatic rings. The van der Waals surface area contributed by atoms with Crippen LogP contribution in [0.3, 0.4) is 0 Å². The van der Waals surface area contributed by atoms with E-state index in [1.165, 1.54) is 11.8 Å². The number of thiazole rings is 1. The van der Waals surface area contributed by atoms with Crippen molar-refractivity contribution in [2.24, 2.45) is 0 Å². The van der Waals surface area contributed by atoms with Crippen molar-refractivity contribution in [3.8, 4) is 0 Å². The summed E-state index contributed by atoms with van der Waals surface area (Å²) in [6.07, 6.45) is 0. The summed E-state index contributed by atoms with van der Waals surface area (Å²) < 4.78 is 1.99. The summed E-state index contributed by atoms with van der Waals surface area (Å²) in [7, 11) is 0. The molecule has 0 unspecified atom stereocenters. The highest BCUT2D eigenvalue weighted by Crippen LogP contribution is 2.30. The molecule has 19 heavy (non-hydrogen) atoms. The number of nitrogens with zero attached hydrogens (tertiary/aromatic N) is 2. The summed E-state index contributed by atoms with van der Waals surface area (Å²) in [5.41, 5.74) is 7.43. The molecule has 0 fully saturated rings. The first-order chi connectivity index (χ1) is 9.13. The monoisotopic (exact) mass is 295 g/mol. The summed E-state index contributed by atoms with van der Waals surface area (Å²) in [6.45, 7) is 5.50. The number of fused-ring (bicyclic) bond motifs is 1. The summed E-state index contributed by atoms with van der Waals surface area (Å²) >= 11 is 3.08. The van der Waals surface area contributed by atoms with Crippen LogP contribution in [-0.2, 0) is 4.79 Å². The normalized spacial score (nSPS) is 10.8. The Balaban J connectivity index is 2.03. The van der Waals surface area contributed by atoms with Crippen LogP contribution < -0.4 is 5.73 Å². The zero-order valence-corrected chi connectivity index (χ0v) is 12.7. The maximum Gasteiger partial charge on any atom is 0.232 e. The lowest BCUT2D eigenvalue weighted by molar-refractivity contribution is -0.127. The molecule has 0 aliphatic heterocycles. The first-order valence-corrected chi connectivity index (χ1v) is 8.01. The number of hydrogen-bond acceptors (Lipinski definition) is 5. The quantitative estimate of drug-likeness (QED) is 0.680. The summed E-state index contributed by atoms with van der Waals surface area (Å²) in [5.74, 6) is 0.602. The standard InChI is InChI=1S/C13H17N3OS2/c1-3-16(4-2)12(17)8-18-13-15-10-6-5-9(14)7-11(10)19-13/h5-7H,3-4,8,14H2,1-2H3. The molecule has 102 valence electrons. The average Bonchev–Trinajstić information content (AvgIpc) is 2.79. The minimum atomic E-state index is 0.161. The summed E-state index contributed by atoms with van der Waals surface area (Å²) in [6, 6.07) is 5.68. The lowest BCUT2D eigenvalue weighted by Crippen LogP contribution is -2.31. The van der Waals surface area contributed by atoms with Crippen LogP contribution >= 0.6 is 23.1 Å². The molecule has 2 aromatic rings. The molecule has 1 heterocycles. The number of thioether (sulfide) groups is 1. The van der Waals surface area contributed by atoms with Gasteiger partial charge in [-0.25, -0.2) is 4.98 Å². The number of carbonyl (C=O) groups is 1. The van der Waals surface area contributed by atoms with Gasteiger partial charge in [0.1, 0.15) is 0 Å². The number of hydrogen-bond donors (Lipinski definition) is 1. The molecule has 4 nitrogen and oxygen atoms in total. The largest absolute Gasteiger partial charge is 0.399 e. The van der Waals surface area contributed by atoms with E-state index in [-0.39, 0.29) is 5.91 Å². The molecule has 1 amide bonds. The zero-order chi connectivity index (χ0) is 13.8. The highest BCUT2D eigenvalue weighted by Gasteiger charge is 2.12. The Labute approximate surface area is 121 Å². The number of nitrogens with two attached hydrogens (primary N) is 1. The number of nitrogen functional groups attached to an aromatic ring is 1. The van der Waals surface area contributed by atoms with E-state index in [1.54, 1.807) is 11.3 Å². The molecule has 6 heteroatoms. The van der Waals surface area contributed by atoms with Crippen molar-refractivity contribution in [3.05, 3.63) is 18.2 Å². The molecule has 1 aromatic carbocycles. The third-order valence-electron chi connectivity index (χ3n) is 2.83. The fourth-order valence-electron chi connectivity index (χ4n) is 1.77. The second kappa shape index (κ2) is 6.25. The van der Waals surface area contributed by atoms with Crippen molar-refractivity contribution < 1.29 is 4.79 Å². The van der Waals surface area contributed by atoms with E-state index in [0.29, 0.717) is 5.75 Å². The van der Waals surface area contributed by atoms with E-state index in [4.69, 9.17) is 5.73 Å². The van der Waals surface area contributed by atoms with Gasteiger partial charge in [-0.2, -0.15) is 0 Å². The van der Waals surface area contributed by atoms with Crippen LogP contribution in [0.15, 0.2) is 22.5 Å². The van der Waals surface area contributed by atoms with Crippen molar-refractivity contribution in [1.29, 1.82) is 0 Å². The van der Waals surface area contributed by atoms with Crippen molar-refractivity contribution in [1.82, 2.24) is 9.88 Å².